The largest absolute Gasteiger partial charge is 0.276 e. The smallest absolute Gasteiger partial charge is 0.154 e. The SMILES string of the molecule is Cn1cc(CC(NN)C2CCCCS2(=O)=O)cn1. The Balaban J connectivity index is 2.12. The molecule has 18 heavy (non-hydrogen) atoms. The number of nitrogens with one attached hydrogen (secondary N) is 1. The average Bonchev–Trinajstić information content (AvgIpc) is 2.72. The van der Waals surface area contributed by atoms with Crippen molar-refractivity contribution in [3.63, 3.8) is 0 Å². The van der Waals surface area contributed by atoms with Crippen LogP contribution in [0.25, 0.3) is 0 Å². The van der Waals surface area contributed by atoms with Gasteiger partial charge in [0.15, 0.2) is 9.84 Å². The Bertz CT molecular complexity index is 497. The molecule has 1 aliphatic heterocycles. The van der Waals surface area contributed by atoms with Crippen LogP contribution in [0.2, 0.25) is 0 Å². The molecule has 2 atom stereocenters. The monoisotopic (exact) mass is 272 g/mol. The van der Waals surface area contributed by atoms with Crippen molar-refractivity contribution in [2.45, 2.75) is 37.0 Å². The van der Waals surface area contributed by atoms with Gasteiger partial charge in [0.2, 0.25) is 0 Å². The van der Waals surface area contributed by atoms with E-state index < -0.39 is 9.84 Å². The van der Waals surface area contributed by atoms with Gasteiger partial charge in [-0.2, -0.15) is 5.10 Å². The van der Waals surface area contributed by atoms with E-state index in [1.54, 1.807) is 10.9 Å². The minimum absolute atomic E-state index is 0.237. The lowest BCUT2D eigenvalue weighted by Gasteiger charge is -2.29. The highest BCUT2D eigenvalue weighted by molar-refractivity contribution is 7.92. The molecular formula is C11H20N4O2S. The van der Waals surface area contributed by atoms with Crippen molar-refractivity contribution in [1.82, 2.24) is 15.2 Å². The van der Waals surface area contributed by atoms with Crippen molar-refractivity contribution in [1.29, 1.82) is 0 Å². The average molecular weight is 272 g/mol. The van der Waals surface area contributed by atoms with Crippen LogP contribution in [-0.4, -0.2) is 35.2 Å². The Hall–Kier alpha value is -0.920. The maximum atomic E-state index is 12.1. The highest BCUT2D eigenvalue weighted by Gasteiger charge is 2.35. The van der Waals surface area contributed by atoms with Crippen LogP contribution in [0, 0.1) is 0 Å². The van der Waals surface area contributed by atoms with Crippen molar-refractivity contribution < 1.29 is 8.42 Å². The van der Waals surface area contributed by atoms with Gasteiger partial charge in [0.25, 0.3) is 0 Å². The van der Waals surface area contributed by atoms with E-state index in [1.165, 1.54) is 0 Å². The van der Waals surface area contributed by atoms with Gasteiger partial charge >= 0.3 is 0 Å². The van der Waals surface area contributed by atoms with Crippen molar-refractivity contribution in [3.05, 3.63) is 18.0 Å². The first-order chi connectivity index (χ1) is 8.53. The lowest BCUT2D eigenvalue weighted by Crippen LogP contribution is -2.50. The fraction of sp³-hybridized carbons (Fsp3) is 0.727. The van der Waals surface area contributed by atoms with Gasteiger partial charge in [-0.25, -0.2) is 8.42 Å². The minimum Gasteiger partial charge on any atom is -0.276 e. The van der Waals surface area contributed by atoms with E-state index in [0.717, 1.165) is 18.4 Å². The Morgan fingerprint density at radius 2 is 2.39 bits per heavy atom. The number of hydrogen-bond donors (Lipinski definition) is 2. The molecule has 2 unspecified atom stereocenters. The molecule has 7 heteroatoms. The number of hydrazine groups is 1. The van der Waals surface area contributed by atoms with Crippen molar-refractivity contribution in [3.8, 4) is 0 Å². The lowest BCUT2D eigenvalue weighted by atomic mass is 10.0. The van der Waals surface area contributed by atoms with Gasteiger partial charge in [-0.1, -0.05) is 6.42 Å². The summed E-state index contributed by atoms with van der Waals surface area (Å²) in [5.74, 6) is 5.82. The molecule has 0 radical (unpaired) electrons. The van der Waals surface area contributed by atoms with Crippen LogP contribution in [0.1, 0.15) is 24.8 Å². The van der Waals surface area contributed by atoms with E-state index in [2.05, 4.69) is 10.5 Å². The number of nitrogens with two attached hydrogens (primary N) is 1. The summed E-state index contributed by atoms with van der Waals surface area (Å²) in [6.45, 7) is 0. The fourth-order valence-electron chi connectivity index (χ4n) is 2.56. The first-order valence-electron chi connectivity index (χ1n) is 6.18. The summed E-state index contributed by atoms with van der Waals surface area (Å²) in [6, 6.07) is -0.237. The second-order valence-electron chi connectivity index (χ2n) is 4.90. The maximum absolute atomic E-state index is 12.1. The van der Waals surface area contributed by atoms with Gasteiger partial charge in [-0.3, -0.25) is 16.0 Å². The summed E-state index contributed by atoms with van der Waals surface area (Å²) in [6.07, 6.45) is 6.64. The fourth-order valence-corrected chi connectivity index (χ4v) is 4.67. The molecular weight excluding hydrogens is 252 g/mol. The molecule has 102 valence electrons. The van der Waals surface area contributed by atoms with Crippen LogP contribution in [-0.2, 0) is 23.3 Å². The number of nitrogens with zero attached hydrogens (tertiary/aromatic N) is 2. The molecule has 2 rings (SSSR count). The normalized spacial score (nSPS) is 24.9. The molecule has 1 aliphatic rings. The Labute approximate surface area is 107 Å². The second-order valence-corrected chi connectivity index (χ2v) is 7.24. The quantitative estimate of drug-likeness (QED) is 0.583. The number of sulfone groups is 1. The third-order valence-corrected chi connectivity index (χ3v) is 5.85. The van der Waals surface area contributed by atoms with Crippen LogP contribution in [0.15, 0.2) is 12.4 Å². The van der Waals surface area contributed by atoms with Gasteiger partial charge < -0.3 is 0 Å². The third-order valence-electron chi connectivity index (χ3n) is 3.51. The predicted octanol–water partition coefficient (Wildman–Crippen LogP) is -0.238. The number of aryl methyl sites for hydroxylation is 1. The number of hydrogen-bond acceptors (Lipinski definition) is 5. The van der Waals surface area contributed by atoms with Gasteiger partial charge in [0, 0.05) is 19.3 Å². The zero-order valence-electron chi connectivity index (χ0n) is 10.5. The van der Waals surface area contributed by atoms with Crippen LogP contribution in [0.3, 0.4) is 0 Å². The first-order valence-corrected chi connectivity index (χ1v) is 7.89. The zero-order chi connectivity index (χ0) is 13.2. The van der Waals surface area contributed by atoms with Crippen molar-refractivity contribution in [2.75, 3.05) is 5.75 Å². The molecule has 0 saturated carbocycles. The van der Waals surface area contributed by atoms with Crippen LogP contribution >= 0.6 is 0 Å². The summed E-state index contributed by atoms with van der Waals surface area (Å²) < 4.78 is 25.8. The van der Waals surface area contributed by atoms with E-state index in [9.17, 15) is 8.42 Å². The van der Waals surface area contributed by atoms with Gasteiger partial charge in [-0.15, -0.1) is 0 Å². The third kappa shape index (κ3) is 2.90. The van der Waals surface area contributed by atoms with E-state index in [0.29, 0.717) is 12.8 Å². The molecule has 2 heterocycles. The Kier molecular flexibility index (Phi) is 4.04. The molecule has 1 aromatic rings. The molecule has 1 aromatic heterocycles. The van der Waals surface area contributed by atoms with Gasteiger partial charge in [0.05, 0.1) is 17.2 Å². The van der Waals surface area contributed by atoms with E-state index >= 15 is 0 Å². The van der Waals surface area contributed by atoms with Crippen LogP contribution in [0.4, 0.5) is 0 Å². The minimum atomic E-state index is -3.02. The molecule has 0 aromatic carbocycles. The van der Waals surface area contributed by atoms with Crippen LogP contribution < -0.4 is 11.3 Å². The summed E-state index contributed by atoms with van der Waals surface area (Å²) in [4.78, 5) is 0. The Morgan fingerprint density at radius 3 is 2.94 bits per heavy atom. The molecule has 6 nitrogen and oxygen atoms in total. The Morgan fingerprint density at radius 1 is 1.61 bits per heavy atom. The molecule has 0 spiro atoms. The summed E-state index contributed by atoms with van der Waals surface area (Å²) in [7, 11) is -1.18. The molecule has 1 fully saturated rings. The molecule has 3 N–H and O–H groups in total. The van der Waals surface area contributed by atoms with Crippen molar-refractivity contribution >= 4 is 9.84 Å². The summed E-state index contributed by atoms with van der Waals surface area (Å²) >= 11 is 0. The second kappa shape index (κ2) is 5.38. The highest BCUT2D eigenvalue weighted by atomic mass is 32.2. The van der Waals surface area contributed by atoms with E-state index in [-0.39, 0.29) is 17.0 Å². The van der Waals surface area contributed by atoms with Crippen molar-refractivity contribution in [2.24, 2.45) is 12.9 Å². The molecule has 1 saturated heterocycles. The predicted molar refractivity (Wildman–Crippen MR) is 69.4 cm³/mol. The topological polar surface area (TPSA) is 90.0 Å². The first kappa shape index (κ1) is 13.5. The molecule has 0 aliphatic carbocycles. The van der Waals surface area contributed by atoms with Gasteiger partial charge in [-0.05, 0) is 24.8 Å². The lowest BCUT2D eigenvalue weighted by molar-refractivity contribution is 0.440. The number of aromatic nitrogens is 2. The summed E-state index contributed by atoms with van der Waals surface area (Å²) in [5.41, 5.74) is 3.67. The standard InChI is InChI=1S/C11H20N4O2S/c1-15-8-9(7-13-15)6-10(14-12)11-4-2-3-5-18(11,16)17/h7-8,10-11,14H,2-6,12H2,1H3. The number of rotatable bonds is 4. The van der Waals surface area contributed by atoms with E-state index in [1.807, 2.05) is 13.2 Å². The maximum Gasteiger partial charge on any atom is 0.154 e. The summed E-state index contributed by atoms with van der Waals surface area (Å²) in [5, 5.41) is 3.71. The molecule has 0 bridgehead atoms. The highest BCUT2D eigenvalue weighted by Crippen LogP contribution is 2.23. The zero-order valence-corrected chi connectivity index (χ0v) is 11.4. The van der Waals surface area contributed by atoms with Crippen LogP contribution in [0.5, 0.6) is 0 Å². The molecule has 0 amide bonds. The van der Waals surface area contributed by atoms with E-state index in [4.69, 9.17) is 5.84 Å². The van der Waals surface area contributed by atoms with Gasteiger partial charge in [0.1, 0.15) is 0 Å².